The van der Waals surface area contributed by atoms with E-state index in [0.717, 1.165) is 19.3 Å². The van der Waals surface area contributed by atoms with Crippen LogP contribution in [0.25, 0.3) is 0 Å². The molecule has 2 N–H and O–H groups in total. The molecule has 0 radical (unpaired) electrons. The lowest BCUT2D eigenvalue weighted by Gasteiger charge is -2.19. The maximum absolute atomic E-state index is 11.5. The molecule has 6 heteroatoms. The van der Waals surface area contributed by atoms with Gasteiger partial charge in [0.25, 0.3) is 0 Å². The van der Waals surface area contributed by atoms with Crippen LogP contribution < -0.4 is 4.72 Å². The largest absolute Gasteiger partial charge is 0.396 e. The van der Waals surface area contributed by atoms with Gasteiger partial charge in [-0.3, -0.25) is 0 Å². The molecular formula is C9H17NO4S. The van der Waals surface area contributed by atoms with Crippen molar-refractivity contribution in [2.75, 3.05) is 12.4 Å². The van der Waals surface area contributed by atoms with Gasteiger partial charge in [0.05, 0.1) is 24.0 Å². The molecule has 0 amide bonds. The van der Waals surface area contributed by atoms with Gasteiger partial charge in [-0.25, -0.2) is 13.1 Å². The average molecular weight is 235 g/mol. The maximum atomic E-state index is 11.5. The topological polar surface area (TPSA) is 75.6 Å². The summed E-state index contributed by atoms with van der Waals surface area (Å²) in [6.07, 6.45) is 3.41. The van der Waals surface area contributed by atoms with Crippen molar-refractivity contribution >= 4 is 10.0 Å². The molecule has 2 heterocycles. The van der Waals surface area contributed by atoms with Crippen LogP contribution in [-0.2, 0) is 14.8 Å². The van der Waals surface area contributed by atoms with Crippen LogP contribution in [0.4, 0.5) is 0 Å². The fourth-order valence-electron chi connectivity index (χ4n) is 2.31. The lowest BCUT2D eigenvalue weighted by Crippen LogP contribution is -2.42. The Morgan fingerprint density at radius 3 is 2.73 bits per heavy atom. The zero-order chi connectivity index (χ0) is 10.9. The summed E-state index contributed by atoms with van der Waals surface area (Å²) in [6.45, 7) is -0.0892. The number of ether oxygens (including phenoxy) is 1. The quantitative estimate of drug-likeness (QED) is 0.680. The van der Waals surface area contributed by atoms with Gasteiger partial charge in [0, 0.05) is 6.61 Å². The van der Waals surface area contributed by atoms with Crippen molar-refractivity contribution in [1.82, 2.24) is 4.72 Å². The molecule has 2 aliphatic heterocycles. The molecule has 2 fully saturated rings. The molecule has 88 valence electrons. The summed E-state index contributed by atoms with van der Waals surface area (Å²) in [5.41, 5.74) is 0. The lowest BCUT2D eigenvalue weighted by molar-refractivity contribution is 0.0996. The molecule has 0 aromatic carbocycles. The third kappa shape index (κ3) is 2.69. The molecule has 0 aliphatic carbocycles. The van der Waals surface area contributed by atoms with Gasteiger partial charge in [-0.05, 0) is 25.7 Å². The summed E-state index contributed by atoms with van der Waals surface area (Å²) in [5.74, 6) is -0.00259. The number of nitrogens with one attached hydrogen (secondary N) is 1. The highest BCUT2D eigenvalue weighted by Gasteiger charge is 2.42. The van der Waals surface area contributed by atoms with Crippen molar-refractivity contribution in [2.24, 2.45) is 0 Å². The van der Waals surface area contributed by atoms with Crippen LogP contribution in [0.2, 0.25) is 0 Å². The fourth-order valence-corrected chi connectivity index (χ4v) is 3.64. The van der Waals surface area contributed by atoms with E-state index in [1.54, 1.807) is 0 Å². The zero-order valence-electron chi connectivity index (χ0n) is 8.55. The van der Waals surface area contributed by atoms with Gasteiger partial charge in [-0.15, -0.1) is 0 Å². The number of rotatable bonds is 5. The minimum atomic E-state index is -3.24. The predicted octanol–water partition coefficient (Wildman–Crippen LogP) is -0.392. The van der Waals surface area contributed by atoms with Crippen molar-refractivity contribution in [3.8, 4) is 0 Å². The first-order valence-corrected chi connectivity index (χ1v) is 7.02. The second-order valence-corrected chi connectivity index (χ2v) is 6.10. The van der Waals surface area contributed by atoms with Gasteiger partial charge in [-0.2, -0.15) is 0 Å². The van der Waals surface area contributed by atoms with E-state index in [2.05, 4.69) is 4.72 Å². The molecule has 2 bridgehead atoms. The van der Waals surface area contributed by atoms with Gasteiger partial charge < -0.3 is 9.84 Å². The molecular weight excluding hydrogens is 218 g/mol. The number of aliphatic hydroxyl groups excluding tert-OH is 1. The number of hydrogen-bond donors (Lipinski definition) is 2. The van der Waals surface area contributed by atoms with E-state index in [4.69, 9.17) is 9.84 Å². The molecule has 5 nitrogen and oxygen atoms in total. The summed E-state index contributed by atoms with van der Waals surface area (Å²) < 4.78 is 31.3. The first kappa shape index (κ1) is 11.3. The van der Waals surface area contributed by atoms with Crippen molar-refractivity contribution in [1.29, 1.82) is 0 Å². The van der Waals surface area contributed by atoms with Crippen molar-refractivity contribution < 1.29 is 18.3 Å². The van der Waals surface area contributed by atoms with Gasteiger partial charge in [0.2, 0.25) is 10.0 Å². The van der Waals surface area contributed by atoms with E-state index in [1.807, 2.05) is 0 Å². The van der Waals surface area contributed by atoms with E-state index in [0.29, 0.717) is 0 Å². The molecule has 2 aliphatic rings. The minimum absolute atomic E-state index is 0.00259. The van der Waals surface area contributed by atoms with Gasteiger partial charge in [0.15, 0.2) is 0 Å². The fraction of sp³-hybridized carbons (Fsp3) is 1.00. The Kier molecular flexibility index (Phi) is 3.30. The van der Waals surface area contributed by atoms with Crippen molar-refractivity contribution in [2.45, 2.75) is 43.9 Å². The highest BCUT2D eigenvalue weighted by Crippen LogP contribution is 2.34. The molecule has 2 saturated heterocycles. The monoisotopic (exact) mass is 235 g/mol. The summed E-state index contributed by atoms with van der Waals surface area (Å²) in [6, 6.07) is -0.0487. The highest BCUT2D eigenvalue weighted by molar-refractivity contribution is 7.89. The van der Waals surface area contributed by atoms with E-state index in [9.17, 15) is 8.42 Å². The van der Waals surface area contributed by atoms with Gasteiger partial charge in [-0.1, -0.05) is 0 Å². The number of hydrogen-bond acceptors (Lipinski definition) is 4. The molecule has 0 aromatic heterocycles. The molecule has 3 unspecified atom stereocenters. The highest BCUT2D eigenvalue weighted by atomic mass is 32.2. The molecule has 15 heavy (non-hydrogen) atoms. The first-order valence-electron chi connectivity index (χ1n) is 5.37. The number of aliphatic hydroxyl groups is 1. The summed E-state index contributed by atoms with van der Waals surface area (Å²) >= 11 is 0. The maximum Gasteiger partial charge on any atom is 0.212 e. The van der Waals surface area contributed by atoms with Gasteiger partial charge >= 0.3 is 0 Å². The normalized spacial score (nSPS) is 34.9. The zero-order valence-corrected chi connectivity index (χ0v) is 9.37. The third-order valence-corrected chi connectivity index (χ3v) is 4.50. The summed E-state index contributed by atoms with van der Waals surface area (Å²) in [4.78, 5) is 0. The number of fused-ring (bicyclic) bond motifs is 2. The Morgan fingerprint density at radius 2 is 2.20 bits per heavy atom. The van der Waals surface area contributed by atoms with Crippen LogP contribution in [0.15, 0.2) is 0 Å². The Hall–Kier alpha value is -0.170. The van der Waals surface area contributed by atoms with Crippen LogP contribution in [0.1, 0.15) is 25.7 Å². The molecule has 2 rings (SSSR count). The smallest absolute Gasteiger partial charge is 0.212 e. The summed E-state index contributed by atoms with van der Waals surface area (Å²) in [7, 11) is -3.24. The lowest BCUT2D eigenvalue weighted by atomic mass is 9.96. The van der Waals surface area contributed by atoms with Crippen LogP contribution in [-0.4, -0.2) is 44.1 Å². The van der Waals surface area contributed by atoms with Crippen molar-refractivity contribution in [3.05, 3.63) is 0 Å². The van der Waals surface area contributed by atoms with Crippen LogP contribution in [0.5, 0.6) is 0 Å². The van der Waals surface area contributed by atoms with E-state index < -0.39 is 10.0 Å². The second-order valence-electron chi connectivity index (χ2n) is 4.23. The minimum Gasteiger partial charge on any atom is -0.396 e. The predicted molar refractivity (Wildman–Crippen MR) is 54.9 cm³/mol. The Balaban J connectivity index is 1.86. The van der Waals surface area contributed by atoms with Gasteiger partial charge in [0.1, 0.15) is 0 Å². The Bertz CT molecular complexity index is 316. The van der Waals surface area contributed by atoms with E-state index >= 15 is 0 Å². The van der Waals surface area contributed by atoms with Crippen molar-refractivity contribution in [3.63, 3.8) is 0 Å². The molecule has 0 saturated carbocycles. The third-order valence-electron chi connectivity index (χ3n) is 3.01. The molecule has 0 aromatic rings. The van der Waals surface area contributed by atoms with E-state index in [1.165, 1.54) is 0 Å². The van der Waals surface area contributed by atoms with Crippen LogP contribution in [0, 0.1) is 0 Å². The van der Waals surface area contributed by atoms with E-state index in [-0.39, 0.29) is 37.0 Å². The Labute approximate surface area is 89.9 Å². The Morgan fingerprint density at radius 1 is 1.40 bits per heavy atom. The van der Waals surface area contributed by atoms with Crippen LogP contribution in [0.3, 0.4) is 0 Å². The second kappa shape index (κ2) is 4.37. The average Bonchev–Trinajstić information content (AvgIpc) is 2.75. The SMILES string of the molecule is O=S(=O)(CCCO)NC1CC2CCC1O2. The standard InChI is InChI=1S/C9H17NO4S/c11-4-1-5-15(12,13)10-8-6-7-2-3-9(8)14-7/h7-11H,1-6H2. The summed E-state index contributed by atoms with van der Waals surface area (Å²) in [5, 5.41) is 8.58. The molecule has 0 spiro atoms. The number of sulfonamides is 1. The first-order chi connectivity index (χ1) is 7.11. The molecule has 3 atom stereocenters. The van der Waals surface area contributed by atoms with Crippen LogP contribution >= 0.6 is 0 Å².